The van der Waals surface area contributed by atoms with E-state index in [4.69, 9.17) is 19.2 Å². The molecule has 0 bridgehead atoms. The average Bonchev–Trinajstić information content (AvgIpc) is 3.37. The second kappa shape index (κ2) is 8.94. The Balaban J connectivity index is 1.86. The number of nitrogens with one attached hydrogen (secondary N) is 1. The molecule has 1 saturated heterocycles. The largest absolute Gasteiger partial charge is 0.490 e. The maximum atomic E-state index is 11.5. The van der Waals surface area contributed by atoms with E-state index >= 15 is 0 Å². The van der Waals surface area contributed by atoms with E-state index in [1.807, 2.05) is 36.0 Å². The van der Waals surface area contributed by atoms with Crippen molar-refractivity contribution < 1.29 is 24.1 Å². The normalized spacial score (nSPS) is 20.1. The van der Waals surface area contributed by atoms with Crippen molar-refractivity contribution in [1.29, 1.82) is 0 Å². The summed E-state index contributed by atoms with van der Waals surface area (Å²) in [5.74, 6) is 0.789. The van der Waals surface area contributed by atoms with Crippen molar-refractivity contribution in [1.82, 2.24) is 14.5 Å². The molecule has 4 heterocycles. The van der Waals surface area contributed by atoms with Gasteiger partial charge in [0, 0.05) is 63.4 Å². The Hall–Kier alpha value is -2.66. The number of pyridine rings is 2. The van der Waals surface area contributed by atoms with Crippen molar-refractivity contribution >= 4 is 35.3 Å². The topological polar surface area (TPSA) is 108 Å². The van der Waals surface area contributed by atoms with Crippen LogP contribution in [0.4, 0.5) is 5.82 Å². The lowest BCUT2D eigenvalue weighted by molar-refractivity contribution is -0.114. The number of thiol groups is 1. The number of aryl methyl sites for hydroxylation is 1. The molecule has 1 aliphatic heterocycles. The Morgan fingerprint density at radius 3 is 2.85 bits per heavy atom. The fourth-order valence-electron chi connectivity index (χ4n) is 3.92. The maximum Gasteiger partial charge on any atom is 0.222 e. The van der Waals surface area contributed by atoms with Gasteiger partial charge in [0.05, 0.1) is 29.7 Å². The van der Waals surface area contributed by atoms with Crippen molar-refractivity contribution in [2.75, 3.05) is 32.2 Å². The molecule has 0 aliphatic carbocycles. The molecule has 9 nitrogen and oxygen atoms in total. The van der Waals surface area contributed by atoms with Crippen LogP contribution in [0, 0.1) is 0 Å². The number of fused-ring (bicyclic) bond motifs is 1. The number of ether oxygens (including phenoxy) is 3. The Kier molecular flexibility index (Phi) is 6.37. The first kappa shape index (κ1) is 23.5. The highest BCUT2D eigenvalue weighted by atomic mass is 32.1. The van der Waals surface area contributed by atoms with Gasteiger partial charge in [0.2, 0.25) is 5.91 Å². The molecule has 1 fully saturated rings. The van der Waals surface area contributed by atoms with Crippen LogP contribution in [0.15, 0.2) is 30.6 Å². The summed E-state index contributed by atoms with van der Waals surface area (Å²) in [5.41, 5.74) is 2.39. The van der Waals surface area contributed by atoms with Gasteiger partial charge >= 0.3 is 0 Å². The zero-order chi connectivity index (χ0) is 23.8. The van der Waals surface area contributed by atoms with Gasteiger partial charge in [0.25, 0.3) is 0 Å². The molecule has 2 atom stereocenters. The highest BCUT2D eigenvalue weighted by Gasteiger charge is 2.39. The van der Waals surface area contributed by atoms with Crippen molar-refractivity contribution in [3.05, 3.63) is 36.3 Å². The third-order valence-electron chi connectivity index (χ3n) is 5.61. The molecule has 33 heavy (non-hydrogen) atoms. The smallest absolute Gasteiger partial charge is 0.222 e. The highest BCUT2D eigenvalue weighted by molar-refractivity contribution is 7.81. The molecule has 1 aliphatic rings. The van der Waals surface area contributed by atoms with Crippen LogP contribution in [0.3, 0.4) is 0 Å². The first-order chi connectivity index (χ1) is 15.6. The molecule has 10 heteroatoms. The van der Waals surface area contributed by atoms with E-state index in [0.717, 1.165) is 16.5 Å². The van der Waals surface area contributed by atoms with E-state index in [-0.39, 0.29) is 12.5 Å². The van der Waals surface area contributed by atoms with Crippen molar-refractivity contribution in [3.63, 3.8) is 0 Å². The molecule has 176 valence electrons. The van der Waals surface area contributed by atoms with Crippen LogP contribution >= 0.6 is 12.6 Å². The van der Waals surface area contributed by atoms with E-state index in [0.29, 0.717) is 42.6 Å². The number of methoxy groups -OCH3 is 1. The number of hydrogen-bond donors (Lipinski definition) is 3. The van der Waals surface area contributed by atoms with Crippen LogP contribution in [0.5, 0.6) is 5.75 Å². The number of carbonyl (C=O) groups is 1. The summed E-state index contributed by atoms with van der Waals surface area (Å²) < 4.78 is 19.3. The summed E-state index contributed by atoms with van der Waals surface area (Å²) in [6, 6.07) is 5.45. The summed E-state index contributed by atoms with van der Waals surface area (Å²) >= 11 is 4.14. The van der Waals surface area contributed by atoms with Crippen LogP contribution in [-0.2, 0) is 26.9 Å². The predicted octanol–water partition coefficient (Wildman–Crippen LogP) is 2.87. The van der Waals surface area contributed by atoms with Crippen LogP contribution in [0.2, 0.25) is 0 Å². The Morgan fingerprint density at radius 2 is 2.21 bits per heavy atom. The van der Waals surface area contributed by atoms with Gasteiger partial charge in [-0.1, -0.05) is 0 Å². The quantitative estimate of drug-likeness (QED) is 0.358. The summed E-state index contributed by atoms with van der Waals surface area (Å²) in [4.78, 5) is 19.5. The molecule has 1 amide bonds. The van der Waals surface area contributed by atoms with Gasteiger partial charge in [-0.3, -0.25) is 4.79 Å². The van der Waals surface area contributed by atoms with Gasteiger partial charge in [-0.15, -0.1) is 12.6 Å². The van der Waals surface area contributed by atoms with E-state index in [1.165, 1.54) is 6.92 Å². The second-order valence-corrected chi connectivity index (χ2v) is 9.46. The van der Waals surface area contributed by atoms with Crippen molar-refractivity contribution in [3.8, 4) is 17.0 Å². The standard InChI is InChI=1S/C23H28N4O5S/c1-14(28)25-21-9-16-17(11-27(3)19(16)10-24-21)18-7-15(32-12-22(2,29)33)8-20(26-18)23(30-4)5-6-31-13-23/h7-11,29,33H,5-6,12-13H2,1-4H3,(H,24,25,28)/t22-,23-/m0/s1. The molecular formula is C23H28N4O5S. The van der Waals surface area contributed by atoms with E-state index < -0.39 is 10.5 Å². The molecule has 3 aromatic heterocycles. The SMILES string of the molecule is CO[C@@]1(c2cc(OC[C@@](C)(O)S)cc(-c3cn(C)c4cnc(NC(C)=O)cc34)n2)CCOC1. The summed E-state index contributed by atoms with van der Waals surface area (Å²) in [6.45, 7) is 3.94. The average molecular weight is 473 g/mol. The van der Waals surface area contributed by atoms with Gasteiger partial charge in [-0.25, -0.2) is 9.97 Å². The number of hydrogen-bond acceptors (Lipinski definition) is 8. The number of rotatable bonds is 7. The molecular weight excluding hydrogens is 444 g/mol. The van der Waals surface area contributed by atoms with Gasteiger partial charge in [0.1, 0.15) is 28.7 Å². The molecule has 0 saturated carbocycles. The van der Waals surface area contributed by atoms with Gasteiger partial charge in [-0.2, -0.15) is 0 Å². The Labute approximate surface area is 197 Å². The van der Waals surface area contributed by atoms with Crippen molar-refractivity contribution in [2.24, 2.45) is 7.05 Å². The number of amides is 1. The highest BCUT2D eigenvalue weighted by Crippen LogP contribution is 2.38. The molecule has 0 radical (unpaired) electrons. The first-order valence-corrected chi connectivity index (χ1v) is 11.0. The van der Waals surface area contributed by atoms with E-state index in [2.05, 4.69) is 22.9 Å². The van der Waals surface area contributed by atoms with Gasteiger partial charge in [-0.05, 0) is 13.0 Å². The fraction of sp³-hybridized carbons (Fsp3) is 0.435. The van der Waals surface area contributed by atoms with Crippen LogP contribution in [0.25, 0.3) is 22.2 Å². The Bertz CT molecular complexity index is 1180. The maximum absolute atomic E-state index is 11.5. The third kappa shape index (κ3) is 4.98. The molecule has 2 N–H and O–H groups in total. The zero-order valence-corrected chi connectivity index (χ0v) is 20.0. The monoisotopic (exact) mass is 472 g/mol. The lowest BCUT2D eigenvalue weighted by Crippen LogP contribution is -2.30. The molecule has 0 spiro atoms. The van der Waals surface area contributed by atoms with E-state index in [9.17, 15) is 9.90 Å². The number of aliphatic hydroxyl groups is 1. The Morgan fingerprint density at radius 1 is 1.42 bits per heavy atom. The second-order valence-electron chi connectivity index (χ2n) is 8.50. The number of carbonyl (C=O) groups excluding carboxylic acids is 1. The molecule has 3 aromatic rings. The summed E-state index contributed by atoms with van der Waals surface area (Å²) in [6.07, 6.45) is 4.33. The first-order valence-electron chi connectivity index (χ1n) is 10.6. The number of aromatic nitrogens is 3. The molecule has 4 rings (SSSR count). The van der Waals surface area contributed by atoms with Crippen LogP contribution < -0.4 is 10.1 Å². The van der Waals surface area contributed by atoms with Crippen LogP contribution in [-0.4, -0.2) is 57.4 Å². The number of anilines is 1. The van der Waals surface area contributed by atoms with Gasteiger partial charge < -0.3 is 29.2 Å². The van der Waals surface area contributed by atoms with Crippen molar-refractivity contribution in [2.45, 2.75) is 30.8 Å². The minimum atomic E-state index is -1.29. The lowest BCUT2D eigenvalue weighted by Gasteiger charge is -2.26. The minimum Gasteiger partial charge on any atom is -0.490 e. The lowest BCUT2D eigenvalue weighted by atomic mass is 9.96. The fourth-order valence-corrected chi connectivity index (χ4v) is 3.99. The van der Waals surface area contributed by atoms with Gasteiger partial charge in [0.15, 0.2) is 0 Å². The summed E-state index contributed by atoms with van der Waals surface area (Å²) in [5, 5.41) is 13.6. The molecule has 0 aromatic carbocycles. The van der Waals surface area contributed by atoms with Crippen LogP contribution in [0.1, 0.15) is 26.0 Å². The molecule has 0 unspecified atom stereocenters. The number of nitrogens with zero attached hydrogens (tertiary/aromatic N) is 3. The predicted molar refractivity (Wildman–Crippen MR) is 127 cm³/mol. The third-order valence-corrected chi connectivity index (χ3v) is 5.74. The summed E-state index contributed by atoms with van der Waals surface area (Å²) in [7, 11) is 3.57. The zero-order valence-electron chi connectivity index (χ0n) is 19.1. The van der Waals surface area contributed by atoms with E-state index in [1.54, 1.807) is 20.2 Å². The minimum absolute atomic E-state index is 0.0123.